The lowest BCUT2D eigenvalue weighted by Gasteiger charge is -2.26. The number of morpholine rings is 1. The Morgan fingerprint density at radius 2 is 1.96 bits per heavy atom. The van der Waals surface area contributed by atoms with Gasteiger partial charge in [-0.1, -0.05) is 18.2 Å². The number of rotatable bonds is 4. The van der Waals surface area contributed by atoms with Crippen LogP contribution in [0, 0.1) is 13.8 Å². The molecule has 0 atom stereocenters. The topological polar surface area (TPSA) is 58.6 Å². The Hall–Kier alpha value is -2.47. The molecule has 0 bridgehead atoms. The highest BCUT2D eigenvalue weighted by Crippen LogP contribution is 2.24. The second kappa shape index (κ2) is 7.64. The first-order valence-corrected chi connectivity index (χ1v) is 9.61. The van der Waals surface area contributed by atoms with Gasteiger partial charge in [0.15, 0.2) is 0 Å². The van der Waals surface area contributed by atoms with Gasteiger partial charge in [-0.3, -0.25) is 4.79 Å². The molecule has 6 nitrogen and oxygen atoms in total. The summed E-state index contributed by atoms with van der Waals surface area (Å²) in [7, 11) is 0. The minimum absolute atomic E-state index is 0.180. The number of ether oxygens (including phenoxy) is 1. The molecule has 0 spiro atoms. The number of amides is 1. The van der Waals surface area contributed by atoms with E-state index in [1.165, 1.54) is 16.7 Å². The van der Waals surface area contributed by atoms with Crippen molar-refractivity contribution >= 4 is 11.9 Å². The van der Waals surface area contributed by atoms with Gasteiger partial charge in [0.1, 0.15) is 0 Å². The minimum atomic E-state index is 0.180. The van der Waals surface area contributed by atoms with Crippen LogP contribution >= 0.6 is 0 Å². The van der Waals surface area contributed by atoms with E-state index in [4.69, 9.17) is 9.72 Å². The summed E-state index contributed by atoms with van der Waals surface area (Å²) >= 11 is 0. The fraction of sp³-hybridized carbons (Fsp3) is 0.476. The Labute approximate surface area is 160 Å². The Morgan fingerprint density at radius 1 is 1.15 bits per heavy atom. The maximum Gasteiger partial charge on any atom is 0.225 e. The van der Waals surface area contributed by atoms with Crippen LogP contribution in [0.4, 0.5) is 5.95 Å². The molecule has 142 valence electrons. The van der Waals surface area contributed by atoms with Crippen LogP contribution in [0.5, 0.6) is 0 Å². The summed E-state index contributed by atoms with van der Waals surface area (Å²) in [6, 6.07) is 6.43. The summed E-state index contributed by atoms with van der Waals surface area (Å²) in [5.41, 5.74) is 5.82. The summed E-state index contributed by atoms with van der Waals surface area (Å²) in [4.78, 5) is 25.9. The lowest BCUT2D eigenvalue weighted by atomic mass is 10.0. The van der Waals surface area contributed by atoms with Gasteiger partial charge in [0, 0.05) is 37.8 Å². The van der Waals surface area contributed by atoms with Crippen LogP contribution in [0.1, 0.15) is 34.4 Å². The fourth-order valence-corrected chi connectivity index (χ4v) is 3.60. The van der Waals surface area contributed by atoms with Crippen LogP contribution in [-0.2, 0) is 29.0 Å². The van der Waals surface area contributed by atoms with Crippen molar-refractivity contribution < 1.29 is 9.53 Å². The van der Waals surface area contributed by atoms with Crippen LogP contribution in [0.3, 0.4) is 0 Å². The molecule has 2 aromatic rings. The van der Waals surface area contributed by atoms with E-state index in [0.717, 1.165) is 36.7 Å². The summed E-state index contributed by atoms with van der Waals surface area (Å²) in [5, 5.41) is 0. The van der Waals surface area contributed by atoms with E-state index in [-0.39, 0.29) is 5.91 Å². The second-order valence-corrected chi connectivity index (χ2v) is 7.41. The molecule has 0 saturated carbocycles. The molecule has 1 fully saturated rings. The molecule has 1 aromatic heterocycles. The molecule has 0 radical (unpaired) electrons. The largest absolute Gasteiger partial charge is 0.378 e. The van der Waals surface area contributed by atoms with Gasteiger partial charge in [0.2, 0.25) is 11.9 Å². The van der Waals surface area contributed by atoms with E-state index in [9.17, 15) is 4.79 Å². The number of benzene rings is 1. The van der Waals surface area contributed by atoms with Crippen molar-refractivity contribution in [2.24, 2.45) is 0 Å². The number of hydrogen-bond acceptors (Lipinski definition) is 5. The van der Waals surface area contributed by atoms with Gasteiger partial charge >= 0.3 is 0 Å². The Morgan fingerprint density at radius 3 is 2.74 bits per heavy atom. The first-order valence-electron chi connectivity index (χ1n) is 9.61. The summed E-state index contributed by atoms with van der Waals surface area (Å²) in [6.45, 7) is 8.48. The number of carbonyl (C=O) groups excluding carboxylic acids is 1. The monoisotopic (exact) mass is 366 g/mol. The van der Waals surface area contributed by atoms with Crippen molar-refractivity contribution in [3.8, 4) is 0 Å². The van der Waals surface area contributed by atoms with Crippen molar-refractivity contribution in [3.63, 3.8) is 0 Å². The molecular formula is C21H26N4O2. The molecule has 2 aliphatic rings. The fourth-order valence-electron chi connectivity index (χ4n) is 3.60. The maximum atomic E-state index is 12.7. The molecule has 1 saturated heterocycles. The van der Waals surface area contributed by atoms with Gasteiger partial charge in [0.05, 0.1) is 25.5 Å². The van der Waals surface area contributed by atoms with Gasteiger partial charge < -0.3 is 14.5 Å². The van der Waals surface area contributed by atoms with E-state index < -0.39 is 0 Å². The number of hydrogen-bond donors (Lipinski definition) is 0. The average molecular weight is 366 g/mol. The molecule has 1 amide bonds. The van der Waals surface area contributed by atoms with E-state index >= 15 is 0 Å². The van der Waals surface area contributed by atoms with E-state index in [1.807, 2.05) is 11.1 Å². The predicted octanol–water partition coefficient (Wildman–Crippen LogP) is 2.41. The van der Waals surface area contributed by atoms with Gasteiger partial charge in [-0.25, -0.2) is 9.97 Å². The number of anilines is 1. The van der Waals surface area contributed by atoms with Crippen LogP contribution < -0.4 is 4.90 Å². The van der Waals surface area contributed by atoms with Crippen molar-refractivity contribution in [2.75, 3.05) is 31.2 Å². The molecule has 27 heavy (non-hydrogen) atoms. The number of fused-ring (bicyclic) bond motifs is 1. The van der Waals surface area contributed by atoms with Crippen molar-refractivity contribution in [2.45, 2.75) is 39.8 Å². The highest BCUT2D eigenvalue weighted by atomic mass is 16.5. The minimum Gasteiger partial charge on any atom is -0.378 e. The summed E-state index contributed by atoms with van der Waals surface area (Å²) < 4.78 is 5.39. The molecule has 4 rings (SSSR count). The first-order chi connectivity index (χ1) is 13.1. The van der Waals surface area contributed by atoms with Crippen molar-refractivity contribution in [3.05, 3.63) is 52.3 Å². The van der Waals surface area contributed by atoms with Crippen LogP contribution in [0.2, 0.25) is 0 Å². The molecule has 0 N–H and O–H groups in total. The first kappa shape index (κ1) is 17.9. The third-order valence-corrected chi connectivity index (χ3v) is 5.49. The standard InChI is InChI=1S/C21H26N4O2/c1-15-3-4-17(11-16(15)2)5-6-20(26)25-13-18-12-22-21(23-19(18)14-25)24-7-9-27-10-8-24/h3-4,11-12H,5-10,13-14H2,1-2H3. The van der Waals surface area contributed by atoms with Crippen LogP contribution in [0.15, 0.2) is 24.4 Å². The molecule has 1 aromatic carbocycles. The Bertz CT molecular complexity index is 846. The number of carbonyl (C=O) groups is 1. The maximum absolute atomic E-state index is 12.7. The lowest BCUT2D eigenvalue weighted by molar-refractivity contribution is -0.131. The van der Waals surface area contributed by atoms with Crippen LogP contribution in [0.25, 0.3) is 0 Å². The molecule has 0 aliphatic carbocycles. The van der Waals surface area contributed by atoms with Gasteiger partial charge in [0.25, 0.3) is 0 Å². The highest BCUT2D eigenvalue weighted by molar-refractivity contribution is 5.77. The number of nitrogens with zero attached hydrogens (tertiary/aromatic N) is 4. The number of aromatic nitrogens is 2. The normalized spacial score (nSPS) is 16.5. The highest BCUT2D eigenvalue weighted by Gasteiger charge is 2.26. The lowest BCUT2D eigenvalue weighted by Crippen LogP contribution is -2.37. The zero-order valence-electron chi connectivity index (χ0n) is 16.1. The van der Waals surface area contributed by atoms with Crippen LogP contribution in [-0.4, -0.2) is 47.1 Å². The zero-order chi connectivity index (χ0) is 18.8. The Balaban J connectivity index is 1.37. The third kappa shape index (κ3) is 3.95. The third-order valence-electron chi connectivity index (χ3n) is 5.49. The average Bonchev–Trinajstić information content (AvgIpc) is 3.13. The molecule has 2 aliphatic heterocycles. The SMILES string of the molecule is Cc1ccc(CCC(=O)N2Cc3cnc(N4CCOCC4)nc3C2)cc1C. The molecule has 3 heterocycles. The smallest absolute Gasteiger partial charge is 0.225 e. The molecular weight excluding hydrogens is 340 g/mol. The van der Waals surface area contributed by atoms with Crippen molar-refractivity contribution in [1.29, 1.82) is 0 Å². The molecule has 6 heteroatoms. The second-order valence-electron chi connectivity index (χ2n) is 7.41. The van der Waals surface area contributed by atoms with Crippen molar-refractivity contribution in [1.82, 2.24) is 14.9 Å². The molecule has 0 unspecified atom stereocenters. The van der Waals surface area contributed by atoms with E-state index in [1.54, 1.807) is 0 Å². The predicted molar refractivity (Wildman–Crippen MR) is 104 cm³/mol. The van der Waals surface area contributed by atoms with E-state index in [0.29, 0.717) is 32.7 Å². The quantitative estimate of drug-likeness (QED) is 0.832. The summed E-state index contributed by atoms with van der Waals surface area (Å²) in [5.74, 6) is 0.931. The van der Waals surface area contributed by atoms with Gasteiger partial charge in [-0.2, -0.15) is 0 Å². The Kier molecular flexibility index (Phi) is 5.07. The van der Waals surface area contributed by atoms with E-state index in [2.05, 4.69) is 41.9 Å². The zero-order valence-corrected chi connectivity index (χ0v) is 16.1. The van der Waals surface area contributed by atoms with Gasteiger partial charge in [-0.15, -0.1) is 0 Å². The number of aryl methyl sites for hydroxylation is 3. The van der Waals surface area contributed by atoms with Gasteiger partial charge in [-0.05, 0) is 37.0 Å². The summed E-state index contributed by atoms with van der Waals surface area (Å²) in [6.07, 6.45) is 3.18.